The highest BCUT2D eigenvalue weighted by Crippen LogP contribution is 2.19. The Hall–Kier alpha value is -2.37. The summed E-state index contributed by atoms with van der Waals surface area (Å²) in [7, 11) is 0. The summed E-state index contributed by atoms with van der Waals surface area (Å²) in [6, 6.07) is 2.68. The number of rotatable bonds is 5. The molecule has 0 aliphatic carbocycles. The van der Waals surface area contributed by atoms with Crippen molar-refractivity contribution in [3.8, 4) is 0 Å². The van der Waals surface area contributed by atoms with E-state index in [-0.39, 0.29) is 5.78 Å². The Morgan fingerprint density at radius 2 is 1.67 bits per heavy atom. The number of hydrogen-bond donors (Lipinski definition) is 2. The number of carbonyl (C=O) groups is 3. The Morgan fingerprint density at radius 1 is 1.17 bits per heavy atom. The number of alkyl carbamates (subject to hydrolysis) is 1. The molecule has 0 bridgehead atoms. The Bertz CT molecular complexity index is 636. The van der Waals surface area contributed by atoms with Gasteiger partial charge in [-0.05, 0) is 70.4 Å². The number of aryl methyl sites for hydroxylation is 2. The summed E-state index contributed by atoms with van der Waals surface area (Å²) in [5, 5.41) is 2.61. The Morgan fingerprint density at radius 3 is 2.04 bits per heavy atom. The highest BCUT2D eigenvalue weighted by molar-refractivity contribution is 5.93. The predicted molar refractivity (Wildman–Crippen MR) is 92.0 cm³/mol. The van der Waals surface area contributed by atoms with E-state index in [0.717, 1.165) is 16.7 Å². The molecule has 0 saturated heterocycles. The quantitative estimate of drug-likeness (QED) is 0.864. The average molecular weight is 334 g/mol. The van der Waals surface area contributed by atoms with Crippen LogP contribution < -0.4 is 11.1 Å². The zero-order valence-corrected chi connectivity index (χ0v) is 15.1. The second kappa shape index (κ2) is 7.47. The highest BCUT2D eigenvalue weighted by atomic mass is 16.6. The zero-order chi connectivity index (χ0) is 18.7. The van der Waals surface area contributed by atoms with Crippen molar-refractivity contribution in [2.75, 3.05) is 0 Å². The molecule has 0 fully saturated rings. The Kier molecular flexibility index (Phi) is 6.12. The molecule has 6 nitrogen and oxygen atoms in total. The predicted octanol–water partition coefficient (Wildman–Crippen LogP) is 2.43. The highest BCUT2D eigenvalue weighted by Gasteiger charge is 2.23. The van der Waals surface area contributed by atoms with Crippen LogP contribution in [0.1, 0.15) is 54.7 Å². The van der Waals surface area contributed by atoms with Gasteiger partial charge in [0.05, 0.1) is 6.04 Å². The number of primary amides is 1. The monoisotopic (exact) mass is 334 g/mol. The van der Waals surface area contributed by atoms with E-state index >= 15 is 0 Å². The summed E-state index contributed by atoms with van der Waals surface area (Å²) in [4.78, 5) is 35.2. The van der Waals surface area contributed by atoms with Gasteiger partial charge in [-0.15, -0.1) is 0 Å². The fourth-order valence-electron chi connectivity index (χ4n) is 2.41. The summed E-state index contributed by atoms with van der Waals surface area (Å²) in [6.45, 7) is 10.4. The van der Waals surface area contributed by atoms with E-state index in [4.69, 9.17) is 10.5 Å². The van der Waals surface area contributed by atoms with Crippen molar-refractivity contribution in [2.45, 2.75) is 59.6 Å². The number of nitrogens with two attached hydrogens (primary N) is 1. The number of amides is 2. The van der Waals surface area contributed by atoms with Gasteiger partial charge in [-0.3, -0.25) is 9.59 Å². The number of ether oxygens (including phenoxy) is 1. The first-order chi connectivity index (χ1) is 10.9. The first kappa shape index (κ1) is 19.7. The van der Waals surface area contributed by atoms with Gasteiger partial charge in [0.25, 0.3) is 0 Å². The van der Waals surface area contributed by atoms with E-state index in [2.05, 4.69) is 5.32 Å². The Balaban J connectivity index is 3.00. The summed E-state index contributed by atoms with van der Waals surface area (Å²) in [5.41, 5.74) is 7.69. The molecule has 1 atom stereocenters. The molecule has 0 aromatic heterocycles. The van der Waals surface area contributed by atoms with Crippen molar-refractivity contribution in [2.24, 2.45) is 5.73 Å². The fourth-order valence-corrected chi connectivity index (χ4v) is 2.41. The van der Waals surface area contributed by atoms with Gasteiger partial charge in [-0.25, -0.2) is 4.79 Å². The van der Waals surface area contributed by atoms with Crippen molar-refractivity contribution >= 4 is 17.8 Å². The molecule has 0 saturated carbocycles. The molecule has 24 heavy (non-hydrogen) atoms. The summed E-state index contributed by atoms with van der Waals surface area (Å²) in [6.07, 6.45) is -0.308. The van der Waals surface area contributed by atoms with Crippen molar-refractivity contribution in [3.63, 3.8) is 0 Å². The van der Waals surface area contributed by atoms with E-state index in [1.807, 2.05) is 13.8 Å². The second-order valence-electron chi connectivity index (χ2n) is 6.97. The summed E-state index contributed by atoms with van der Waals surface area (Å²) < 4.78 is 5.20. The molecule has 0 aliphatic rings. The van der Waals surface area contributed by atoms with Crippen LogP contribution in [-0.4, -0.2) is 29.4 Å². The van der Waals surface area contributed by atoms with Gasteiger partial charge in [0.2, 0.25) is 5.91 Å². The molecule has 0 radical (unpaired) electrons. The van der Waals surface area contributed by atoms with Crippen LogP contribution in [-0.2, 0) is 16.0 Å². The lowest BCUT2D eigenvalue weighted by atomic mass is 9.93. The van der Waals surface area contributed by atoms with Crippen LogP contribution in [0.15, 0.2) is 12.1 Å². The zero-order valence-electron chi connectivity index (χ0n) is 15.1. The molecular formula is C18H26N2O4. The summed E-state index contributed by atoms with van der Waals surface area (Å²) >= 11 is 0. The van der Waals surface area contributed by atoms with Crippen molar-refractivity contribution < 1.29 is 19.1 Å². The molecule has 0 spiro atoms. The van der Waals surface area contributed by atoms with Crippen molar-refractivity contribution in [3.05, 3.63) is 34.4 Å². The van der Waals surface area contributed by atoms with Crippen LogP contribution in [0.3, 0.4) is 0 Å². The van der Waals surface area contributed by atoms with Crippen LogP contribution in [0.4, 0.5) is 4.79 Å². The molecule has 0 unspecified atom stereocenters. The minimum atomic E-state index is -0.698. The van der Waals surface area contributed by atoms with Gasteiger partial charge in [0.15, 0.2) is 5.78 Å². The lowest BCUT2D eigenvalue weighted by Gasteiger charge is -2.23. The smallest absolute Gasteiger partial charge is 0.408 e. The van der Waals surface area contributed by atoms with Gasteiger partial charge < -0.3 is 15.8 Å². The third kappa shape index (κ3) is 5.68. The SMILES string of the molecule is CC(=O)[C@H](Cc1c(C)cc(C(N)=O)cc1C)NC(=O)OC(C)(C)C. The fraction of sp³-hybridized carbons (Fsp3) is 0.500. The molecule has 2 amide bonds. The number of ketones is 1. The van der Waals surface area contributed by atoms with Gasteiger partial charge in [0, 0.05) is 12.0 Å². The lowest BCUT2D eigenvalue weighted by Crippen LogP contribution is -2.44. The van der Waals surface area contributed by atoms with E-state index < -0.39 is 23.6 Å². The normalized spacial score (nSPS) is 12.4. The van der Waals surface area contributed by atoms with Crippen molar-refractivity contribution in [1.29, 1.82) is 0 Å². The number of Topliss-reactive ketones (excluding diaryl/α,β-unsaturated/α-hetero) is 1. The first-order valence-electron chi connectivity index (χ1n) is 7.80. The maximum absolute atomic E-state index is 11.9. The molecular weight excluding hydrogens is 308 g/mol. The third-order valence-corrected chi connectivity index (χ3v) is 3.57. The molecule has 1 aromatic carbocycles. The molecule has 6 heteroatoms. The molecule has 3 N–H and O–H groups in total. The number of carbonyl (C=O) groups excluding carboxylic acids is 3. The average Bonchev–Trinajstić information content (AvgIpc) is 2.38. The maximum Gasteiger partial charge on any atom is 0.408 e. The topological polar surface area (TPSA) is 98.5 Å². The first-order valence-corrected chi connectivity index (χ1v) is 7.80. The molecule has 1 aromatic rings. The second-order valence-corrected chi connectivity index (χ2v) is 6.97. The van der Waals surface area contributed by atoms with E-state index in [0.29, 0.717) is 12.0 Å². The van der Waals surface area contributed by atoms with Gasteiger partial charge in [-0.1, -0.05) is 0 Å². The minimum absolute atomic E-state index is 0.168. The van der Waals surface area contributed by atoms with E-state index in [1.165, 1.54) is 6.92 Å². The largest absolute Gasteiger partial charge is 0.444 e. The van der Waals surface area contributed by atoms with Gasteiger partial charge in [0.1, 0.15) is 5.60 Å². The van der Waals surface area contributed by atoms with Crippen LogP contribution in [0.25, 0.3) is 0 Å². The minimum Gasteiger partial charge on any atom is -0.444 e. The maximum atomic E-state index is 11.9. The van der Waals surface area contributed by atoms with E-state index in [1.54, 1.807) is 32.9 Å². The number of benzene rings is 1. The molecule has 0 aliphatic heterocycles. The Labute approximate surface area is 142 Å². The standard InChI is InChI=1S/C18H26N2O4/c1-10-7-13(16(19)22)8-11(2)14(10)9-15(12(3)21)20-17(23)24-18(4,5)6/h7-8,15H,9H2,1-6H3,(H2,19,22)(H,20,23)/t15-/m0/s1. The molecule has 132 valence electrons. The van der Waals surface area contributed by atoms with Crippen LogP contribution in [0.2, 0.25) is 0 Å². The molecule has 1 rings (SSSR count). The number of nitrogens with one attached hydrogen (secondary N) is 1. The number of hydrogen-bond acceptors (Lipinski definition) is 4. The van der Waals surface area contributed by atoms with Gasteiger partial charge in [-0.2, -0.15) is 0 Å². The van der Waals surface area contributed by atoms with Crippen molar-refractivity contribution in [1.82, 2.24) is 5.32 Å². The summed E-state index contributed by atoms with van der Waals surface area (Å²) in [5.74, 6) is -0.665. The van der Waals surface area contributed by atoms with Crippen LogP contribution in [0, 0.1) is 13.8 Å². The van der Waals surface area contributed by atoms with Crippen LogP contribution in [0.5, 0.6) is 0 Å². The van der Waals surface area contributed by atoms with Gasteiger partial charge >= 0.3 is 6.09 Å². The lowest BCUT2D eigenvalue weighted by molar-refractivity contribution is -0.119. The van der Waals surface area contributed by atoms with Crippen LogP contribution >= 0.6 is 0 Å². The van der Waals surface area contributed by atoms with E-state index in [9.17, 15) is 14.4 Å². The molecule has 0 heterocycles. The third-order valence-electron chi connectivity index (χ3n) is 3.57.